The fraction of sp³-hybridized carbons (Fsp3) is 0.407. The number of aryl methyl sites for hydroxylation is 2. The summed E-state index contributed by atoms with van der Waals surface area (Å²) in [7, 11) is 0. The number of anilines is 2. The summed E-state index contributed by atoms with van der Waals surface area (Å²) in [5.41, 5.74) is 2.87. The molecule has 1 saturated heterocycles. The summed E-state index contributed by atoms with van der Waals surface area (Å²) in [6.07, 6.45) is 5.57. The molecule has 35 heavy (non-hydrogen) atoms. The average Bonchev–Trinajstić information content (AvgIpc) is 3.00. The van der Waals surface area contributed by atoms with Crippen molar-refractivity contribution >= 4 is 35.2 Å². The van der Waals surface area contributed by atoms with Crippen molar-refractivity contribution < 1.29 is 23.9 Å². The normalized spacial score (nSPS) is 18.5. The Morgan fingerprint density at radius 3 is 2.11 bits per heavy atom. The molecule has 0 aromatic heterocycles. The van der Waals surface area contributed by atoms with Gasteiger partial charge in [0.15, 0.2) is 6.61 Å². The van der Waals surface area contributed by atoms with E-state index in [1.165, 1.54) is 0 Å². The van der Waals surface area contributed by atoms with E-state index in [1.807, 2.05) is 48.5 Å². The number of hydrogen-bond acceptors (Lipinski definition) is 5. The molecule has 4 amide bonds. The molecule has 3 aliphatic rings. The van der Waals surface area contributed by atoms with Crippen molar-refractivity contribution in [1.82, 2.24) is 10.2 Å². The second-order valence-corrected chi connectivity index (χ2v) is 9.43. The van der Waals surface area contributed by atoms with Gasteiger partial charge in [0.1, 0.15) is 5.54 Å². The van der Waals surface area contributed by atoms with Gasteiger partial charge in [-0.3, -0.25) is 24.2 Å². The van der Waals surface area contributed by atoms with Crippen molar-refractivity contribution in [2.75, 3.05) is 18.1 Å². The minimum Gasteiger partial charge on any atom is -0.455 e. The number of imide groups is 1. The van der Waals surface area contributed by atoms with Gasteiger partial charge in [0, 0.05) is 6.54 Å². The van der Waals surface area contributed by atoms with E-state index < -0.39 is 24.1 Å². The number of ether oxygens (including phenoxy) is 1. The first-order valence-corrected chi connectivity index (χ1v) is 12.3. The Hall–Kier alpha value is -3.68. The highest BCUT2D eigenvalue weighted by atomic mass is 16.5. The number of para-hydroxylation sites is 2. The summed E-state index contributed by atoms with van der Waals surface area (Å²) >= 11 is 0. The van der Waals surface area contributed by atoms with Gasteiger partial charge in [0.25, 0.3) is 11.8 Å². The van der Waals surface area contributed by atoms with Crippen LogP contribution in [0.15, 0.2) is 48.5 Å². The molecule has 2 aliphatic heterocycles. The van der Waals surface area contributed by atoms with E-state index in [0.717, 1.165) is 59.5 Å². The lowest BCUT2D eigenvalue weighted by atomic mass is 9.82. The van der Waals surface area contributed by atoms with Gasteiger partial charge in [-0.1, -0.05) is 55.7 Å². The van der Waals surface area contributed by atoms with Crippen LogP contribution in [0.3, 0.4) is 0 Å². The third kappa shape index (κ3) is 4.40. The lowest BCUT2D eigenvalue weighted by molar-refractivity contribution is -0.148. The number of hydrogen-bond donors (Lipinski definition) is 1. The lowest BCUT2D eigenvalue weighted by Crippen LogP contribution is -2.48. The van der Waals surface area contributed by atoms with Crippen LogP contribution in [0, 0.1) is 0 Å². The molecule has 182 valence electrons. The molecule has 0 radical (unpaired) electrons. The molecular formula is C27H29N3O5. The molecule has 0 unspecified atom stereocenters. The van der Waals surface area contributed by atoms with Crippen LogP contribution in [-0.4, -0.2) is 47.4 Å². The van der Waals surface area contributed by atoms with Gasteiger partial charge in [-0.15, -0.1) is 0 Å². The van der Waals surface area contributed by atoms with Gasteiger partial charge in [0.2, 0.25) is 0 Å². The Labute approximate surface area is 204 Å². The molecule has 8 heteroatoms. The monoisotopic (exact) mass is 475 g/mol. The van der Waals surface area contributed by atoms with Gasteiger partial charge < -0.3 is 10.1 Å². The van der Waals surface area contributed by atoms with Crippen molar-refractivity contribution in [1.29, 1.82) is 0 Å². The minimum absolute atomic E-state index is 0.0607. The summed E-state index contributed by atoms with van der Waals surface area (Å²) in [5.74, 6) is -1.24. The van der Waals surface area contributed by atoms with Gasteiger partial charge >= 0.3 is 12.0 Å². The van der Waals surface area contributed by atoms with Crippen molar-refractivity contribution in [2.24, 2.45) is 0 Å². The summed E-state index contributed by atoms with van der Waals surface area (Å²) < 4.78 is 5.30. The fourth-order valence-electron chi connectivity index (χ4n) is 5.40. The number of fused-ring (bicyclic) bond motifs is 2. The molecule has 1 spiro atoms. The number of rotatable bonds is 5. The van der Waals surface area contributed by atoms with E-state index in [-0.39, 0.29) is 24.8 Å². The molecule has 2 fully saturated rings. The number of carbonyl (C=O) groups is 4. The smallest absolute Gasteiger partial charge is 0.325 e. The summed E-state index contributed by atoms with van der Waals surface area (Å²) in [6, 6.07) is 15.0. The highest BCUT2D eigenvalue weighted by Crippen LogP contribution is 2.36. The zero-order valence-electron chi connectivity index (χ0n) is 19.6. The molecule has 1 saturated carbocycles. The largest absolute Gasteiger partial charge is 0.455 e. The summed E-state index contributed by atoms with van der Waals surface area (Å²) in [6.45, 7) is -0.486. The number of urea groups is 1. The molecule has 1 aliphatic carbocycles. The molecule has 2 aromatic carbocycles. The van der Waals surface area contributed by atoms with Gasteiger partial charge in [-0.2, -0.15) is 0 Å². The van der Waals surface area contributed by atoms with Crippen LogP contribution >= 0.6 is 0 Å². The van der Waals surface area contributed by atoms with Crippen LogP contribution in [0.25, 0.3) is 0 Å². The van der Waals surface area contributed by atoms with Crippen LogP contribution < -0.4 is 10.2 Å². The van der Waals surface area contributed by atoms with E-state index >= 15 is 0 Å². The van der Waals surface area contributed by atoms with E-state index in [0.29, 0.717) is 12.8 Å². The van der Waals surface area contributed by atoms with Gasteiger partial charge in [0.05, 0.1) is 17.8 Å². The van der Waals surface area contributed by atoms with Crippen molar-refractivity contribution in [3.63, 3.8) is 0 Å². The Bertz CT molecular complexity index is 1120. The first-order valence-electron chi connectivity index (χ1n) is 12.3. The lowest BCUT2D eigenvalue weighted by Gasteiger charge is -2.30. The Balaban J connectivity index is 1.22. The highest BCUT2D eigenvalue weighted by molar-refractivity contribution is 6.07. The Morgan fingerprint density at radius 2 is 1.49 bits per heavy atom. The van der Waals surface area contributed by atoms with Crippen molar-refractivity contribution in [2.45, 2.75) is 56.9 Å². The maximum Gasteiger partial charge on any atom is 0.325 e. The zero-order chi connectivity index (χ0) is 24.4. The van der Waals surface area contributed by atoms with E-state index in [4.69, 9.17) is 4.74 Å². The van der Waals surface area contributed by atoms with Crippen LogP contribution in [-0.2, 0) is 32.0 Å². The molecule has 0 bridgehead atoms. The number of esters is 1. The summed E-state index contributed by atoms with van der Waals surface area (Å²) in [4.78, 5) is 53.7. The predicted molar refractivity (Wildman–Crippen MR) is 129 cm³/mol. The minimum atomic E-state index is -0.817. The Morgan fingerprint density at radius 1 is 0.886 bits per heavy atom. The van der Waals surface area contributed by atoms with Crippen LogP contribution in [0.5, 0.6) is 0 Å². The van der Waals surface area contributed by atoms with E-state index in [2.05, 4.69) is 5.32 Å². The standard InChI is InChI=1S/C27H29N3O5/c31-23(30-21-10-4-2-8-19(21)12-13-20-9-3-5-11-22(20)30)18-35-24(32)14-17-29-25(33)27(28-26(29)34)15-6-1-7-16-27/h2-5,8-11H,1,6-7,12-18H2,(H,28,34). The molecule has 8 nitrogen and oxygen atoms in total. The van der Waals surface area contributed by atoms with Crippen LogP contribution in [0.2, 0.25) is 0 Å². The van der Waals surface area contributed by atoms with Gasteiger partial charge in [-0.05, 0) is 48.9 Å². The number of carbonyl (C=O) groups excluding carboxylic acids is 4. The highest BCUT2D eigenvalue weighted by Gasteiger charge is 2.51. The zero-order valence-corrected chi connectivity index (χ0v) is 19.6. The third-order valence-corrected chi connectivity index (χ3v) is 7.23. The van der Waals surface area contributed by atoms with Crippen molar-refractivity contribution in [3.8, 4) is 0 Å². The Kier molecular flexibility index (Phi) is 6.28. The molecule has 1 N–H and O–H groups in total. The maximum absolute atomic E-state index is 13.3. The van der Waals surface area contributed by atoms with Crippen LogP contribution in [0.1, 0.15) is 49.7 Å². The molecule has 0 atom stereocenters. The van der Waals surface area contributed by atoms with Crippen molar-refractivity contribution in [3.05, 3.63) is 59.7 Å². The maximum atomic E-state index is 13.3. The summed E-state index contributed by atoms with van der Waals surface area (Å²) in [5, 5.41) is 2.84. The van der Waals surface area contributed by atoms with E-state index in [1.54, 1.807) is 4.90 Å². The SMILES string of the molecule is O=C(CCN1C(=O)NC2(CCCCC2)C1=O)OCC(=O)N1c2ccccc2CCc2ccccc21. The average molecular weight is 476 g/mol. The van der Waals surface area contributed by atoms with E-state index in [9.17, 15) is 19.2 Å². The fourth-order valence-corrected chi connectivity index (χ4v) is 5.40. The molecule has 2 heterocycles. The first-order chi connectivity index (χ1) is 17.0. The number of benzene rings is 2. The number of nitrogens with zero attached hydrogens (tertiary/aromatic N) is 2. The second-order valence-electron chi connectivity index (χ2n) is 9.43. The molecule has 2 aromatic rings. The third-order valence-electron chi connectivity index (χ3n) is 7.23. The second kappa shape index (κ2) is 9.52. The number of nitrogens with one attached hydrogen (secondary N) is 1. The molecule has 5 rings (SSSR count). The predicted octanol–water partition coefficient (Wildman–Crippen LogP) is 3.64. The van der Waals surface area contributed by atoms with Gasteiger partial charge in [-0.25, -0.2) is 4.79 Å². The van der Waals surface area contributed by atoms with Crippen LogP contribution in [0.4, 0.5) is 16.2 Å². The quantitative estimate of drug-likeness (QED) is 0.526. The molecular weight excluding hydrogens is 446 g/mol. The topological polar surface area (TPSA) is 96.0 Å². The number of amides is 4. The first kappa shape index (κ1) is 23.1.